The van der Waals surface area contributed by atoms with E-state index in [1.807, 2.05) is 0 Å². The lowest BCUT2D eigenvalue weighted by Crippen LogP contribution is -2.10. The quantitative estimate of drug-likeness (QED) is 0.524. The summed E-state index contributed by atoms with van der Waals surface area (Å²) in [6, 6.07) is 7.92. The highest BCUT2D eigenvalue weighted by Gasteiger charge is 2.18. The number of hydrogen-bond donors (Lipinski definition) is 2. The van der Waals surface area contributed by atoms with Crippen molar-refractivity contribution < 1.29 is 13.2 Å². The number of rotatable bonds is 3. The van der Waals surface area contributed by atoms with Crippen LogP contribution >= 0.6 is 11.6 Å². The average Bonchev–Trinajstić information content (AvgIpc) is 2.97. The Morgan fingerprint density at radius 1 is 1.04 bits per heavy atom. The SMILES string of the molecule is Cc1nc2ccc(F)cc2n1-c1nc(N)c(F)c(Nc2ccc(Cl)c(F)c2)n1. The van der Waals surface area contributed by atoms with Crippen LogP contribution in [0.15, 0.2) is 36.4 Å². The van der Waals surface area contributed by atoms with Gasteiger partial charge in [-0.3, -0.25) is 4.57 Å². The fourth-order valence-electron chi connectivity index (χ4n) is 2.77. The third-order valence-electron chi connectivity index (χ3n) is 4.03. The number of benzene rings is 2. The number of nitrogen functional groups attached to an aromatic ring is 1. The lowest BCUT2D eigenvalue weighted by molar-refractivity contribution is 0.621. The maximum absolute atomic E-state index is 14.5. The van der Waals surface area contributed by atoms with E-state index in [4.69, 9.17) is 17.3 Å². The minimum absolute atomic E-state index is 0.0126. The number of hydrogen-bond acceptors (Lipinski definition) is 5. The Kier molecular flexibility index (Phi) is 4.31. The molecule has 0 fully saturated rings. The number of anilines is 3. The van der Waals surface area contributed by atoms with Gasteiger partial charge in [-0.15, -0.1) is 0 Å². The van der Waals surface area contributed by atoms with E-state index in [-0.39, 0.29) is 22.5 Å². The highest BCUT2D eigenvalue weighted by atomic mass is 35.5. The normalized spacial score (nSPS) is 11.2. The van der Waals surface area contributed by atoms with Crippen LogP contribution in [0.4, 0.5) is 30.5 Å². The minimum atomic E-state index is -0.910. The van der Waals surface area contributed by atoms with Crippen molar-refractivity contribution in [3.05, 3.63) is 64.7 Å². The molecule has 0 saturated heterocycles. The number of aryl methyl sites for hydroxylation is 1. The number of nitrogens with one attached hydrogen (secondary N) is 1. The van der Waals surface area contributed by atoms with Crippen molar-refractivity contribution in [3.8, 4) is 5.95 Å². The van der Waals surface area contributed by atoms with Crippen molar-refractivity contribution in [1.29, 1.82) is 0 Å². The minimum Gasteiger partial charge on any atom is -0.381 e. The molecule has 0 saturated carbocycles. The van der Waals surface area contributed by atoms with E-state index in [0.29, 0.717) is 16.9 Å². The molecule has 2 aromatic heterocycles. The third-order valence-corrected chi connectivity index (χ3v) is 4.34. The zero-order chi connectivity index (χ0) is 20.0. The van der Waals surface area contributed by atoms with E-state index in [2.05, 4.69) is 20.3 Å². The zero-order valence-electron chi connectivity index (χ0n) is 14.3. The van der Waals surface area contributed by atoms with Gasteiger partial charge in [0.1, 0.15) is 17.5 Å². The Balaban J connectivity index is 1.85. The van der Waals surface area contributed by atoms with Gasteiger partial charge in [0, 0.05) is 11.8 Å². The average molecular weight is 405 g/mol. The molecule has 2 aromatic carbocycles. The maximum Gasteiger partial charge on any atom is 0.239 e. The monoisotopic (exact) mass is 404 g/mol. The van der Waals surface area contributed by atoms with Crippen LogP contribution in [0.1, 0.15) is 5.82 Å². The van der Waals surface area contributed by atoms with Crippen LogP contribution < -0.4 is 11.1 Å². The van der Waals surface area contributed by atoms with Gasteiger partial charge in [0.25, 0.3) is 0 Å². The number of fused-ring (bicyclic) bond motifs is 1. The Bertz CT molecular complexity index is 1220. The van der Waals surface area contributed by atoms with E-state index in [1.165, 1.54) is 34.9 Å². The van der Waals surface area contributed by atoms with Gasteiger partial charge in [-0.05, 0) is 37.3 Å². The standard InChI is InChI=1S/C18H12ClF3N6/c1-8-24-13-5-2-9(20)6-14(13)28(8)18-26-16(23)15(22)17(27-18)25-10-3-4-11(19)12(21)7-10/h2-7H,1H3,(H3,23,25,26,27). The molecule has 10 heteroatoms. The third kappa shape index (κ3) is 3.09. The summed E-state index contributed by atoms with van der Waals surface area (Å²) >= 11 is 5.66. The molecule has 0 amide bonds. The van der Waals surface area contributed by atoms with Gasteiger partial charge in [0.05, 0.1) is 16.1 Å². The van der Waals surface area contributed by atoms with E-state index in [0.717, 1.165) is 6.07 Å². The highest BCUT2D eigenvalue weighted by molar-refractivity contribution is 6.30. The van der Waals surface area contributed by atoms with Gasteiger partial charge in [-0.1, -0.05) is 11.6 Å². The van der Waals surface area contributed by atoms with Crippen molar-refractivity contribution in [2.45, 2.75) is 6.92 Å². The van der Waals surface area contributed by atoms with E-state index < -0.39 is 23.3 Å². The first kappa shape index (κ1) is 18.1. The fraction of sp³-hybridized carbons (Fsp3) is 0.0556. The molecule has 6 nitrogen and oxygen atoms in total. The summed E-state index contributed by atoms with van der Waals surface area (Å²) in [7, 11) is 0. The molecule has 0 spiro atoms. The first-order valence-electron chi connectivity index (χ1n) is 8.03. The zero-order valence-corrected chi connectivity index (χ0v) is 15.1. The van der Waals surface area contributed by atoms with E-state index in [1.54, 1.807) is 6.92 Å². The van der Waals surface area contributed by atoms with Gasteiger partial charge in [0.2, 0.25) is 11.8 Å². The van der Waals surface area contributed by atoms with Gasteiger partial charge < -0.3 is 11.1 Å². The molecule has 0 aliphatic rings. The molecule has 4 rings (SSSR count). The van der Waals surface area contributed by atoms with Crippen LogP contribution in [-0.2, 0) is 0 Å². The molecule has 2 heterocycles. The molecule has 0 bridgehead atoms. The molecule has 0 unspecified atom stereocenters. The lowest BCUT2D eigenvalue weighted by atomic mass is 10.3. The van der Waals surface area contributed by atoms with Crippen molar-refractivity contribution in [3.63, 3.8) is 0 Å². The summed E-state index contributed by atoms with van der Waals surface area (Å²) in [6.45, 7) is 1.67. The fourth-order valence-corrected chi connectivity index (χ4v) is 2.88. The molecule has 0 radical (unpaired) electrons. The molecular weight excluding hydrogens is 393 g/mol. The topological polar surface area (TPSA) is 81.7 Å². The number of imidazole rings is 1. The Hall–Kier alpha value is -3.33. The number of nitrogens with zero attached hydrogens (tertiary/aromatic N) is 4. The van der Waals surface area contributed by atoms with Crippen molar-refractivity contribution >= 4 is 40.0 Å². The van der Waals surface area contributed by atoms with Crippen molar-refractivity contribution in [1.82, 2.24) is 19.5 Å². The molecule has 0 aliphatic carbocycles. The second-order valence-corrected chi connectivity index (χ2v) is 6.36. The number of aromatic nitrogens is 4. The number of halogens is 4. The maximum atomic E-state index is 14.5. The smallest absolute Gasteiger partial charge is 0.239 e. The Morgan fingerprint density at radius 3 is 2.57 bits per heavy atom. The van der Waals surface area contributed by atoms with Crippen LogP contribution in [0.2, 0.25) is 5.02 Å². The molecular formula is C18H12ClF3N6. The second kappa shape index (κ2) is 6.68. The molecule has 28 heavy (non-hydrogen) atoms. The van der Waals surface area contributed by atoms with Crippen LogP contribution in [0.25, 0.3) is 17.0 Å². The van der Waals surface area contributed by atoms with Gasteiger partial charge in [-0.25, -0.2) is 13.8 Å². The summed E-state index contributed by atoms with van der Waals surface area (Å²) in [6.07, 6.45) is 0. The van der Waals surface area contributed by atoms with Crippen LogP contribution in [0.5, 0.6) is 0 Å². The summed E-state index contributed by atoms with van der Waals surface area (Å²) < 4.78 is 43.3. The van der Waals surface area contributed by atoms with Crippen molar-refractivity contribution in [2.24, 2.45) is 0 Å². The summed E-state index contributed by atoms with van der Waals surface area (Å²) in [5.74, 6) is -2.33. The molecule has 142 valence electrons. The Morgan fingerprint density at radius 2 is 1.82 bits per heavy atom. The van der Waals surface area contributed by atoms with Crippen LogP contribution in [0, 0.1) is 24.4 Å². The van der Waals surface area contributed by atoms with Gasteiger partial charge in [0.15, 0.2) is 11.6 Å². The van der Waals surface area contributed by atoms with Crippen molar-refractivity contribution in [2.75, 3.05) is 11.1 Å². The largest absolute Gasteiger partial charge is 0.381 e. The van der Waals surface area contributed by atoms with Gasteiger partial charge >= 0.3 is 0 Å². The van der Waals surface area contributed by atoms with Gasteiger partial charge in [-0.2, -0.15) is 14.4 Å². The highest BCUT2D eigenvalue weighted by Crippen LogP contribution is 2.27. The molecule has 0 aliphatic heterocycles. The molecule has 0 atom stereocenters. The predicted molar refractivity (Wildman–Crippen MR) is 100 cm³/mol. The molecule has 3 N–H and O–H groups in total. The summed E-state index contributed by atoms with van der Waals surface area (Å²) in [5.41, 5.74) is 6.81. The van der Waals surface area contributed by atoms with E-state index >= 15 is 0 Å². The Labute approximate surface area is 161 Å². The first-order valence-corrected chi connectivity index (χ1v) is 8.41. The van der Waals surface area contributed by atoms with E-state index in [9.17, 15) is 13.2 Å². The van der Waals surface area contributed by atoms with Crippen LogP contribution in [-0.4, -0.2) is 19.5 Å². The first-order chi connectivity index (χ1) is 13.3. The lowest BCUT2D eigenvalue weighted by Gasteiger charge is -2.12. The summed E-state index contributed by atoms with van der Waals surface area (Å²) in [4.78, 5) is 12.4. The molecule has 4 aromatic rings. The predicted octanol–water partition coefficient (Wildman–Crippen LogP) is 4.52. The summed E-state index contributed by atoms with van der Waals surface area (Å²) in [5, 5.41) is 2.58. The number of nitrogens with two attached hydrogens (primary N) is 1. The second-order valence-electron chi connectivity index (χ2n) is 5.95. The van der Waals surface area contributed by atoms with Crippen LogP contribution in [0.3, 0.4) is 0 Å².